The zero-order valence-electron chi connectivity index (χ0n) is 17.4. The number of allylic oxidation sites excluding steroid dienone is 3. The van der Waals surface area contributed by atoms with Crippen LogP contribution in [0.25, 0.3) is 0 Å². The van der Waals surface area contributed by atoms with Gasteiger partial charge in [-0.3, -0.25) is 19.8 Å². The van der Waals surface area contributed by atoms with Gasteiger partial charge in [0.05, 0.1) is 33.7 Å². The Labute approximate surface area is 190 Å². The molecule has 0 bridgehead atoms. The van der Waals surface area contributed by atoms with Crippen LogP contribution in [0.3, 0.4) is 0 Å². The number of ketones is 1. The maximum atomic E-state index is 13.9. The summed E-state index contributed by atoms with van der Waals surface area (Å²) < 4.78 is 53.0. The molecule has 0 spiro atoms. The van der Waals surface area contributed by atoms with E-state index in [0.717, 1.165) is 24.3 Å². The molecule has 174 valence electrons. The summed E-state index contributed by atoms with van der Waals surface area (Å²) in [6.07, 6.45) is -3.64. The predicted molar refractivity (Wildman–Crippen MR) is 112 cm³/mol. The highest BCUT2D eigenvalue weighted by Gasteiger charge is 2.41. The van der Waals surface area contributed by atoms with Gasteiger partial charge in [-0.15, -0.1) is 0 Å². The Kier molecular flexibility index (Phi) is 5.61. The molecule has 1 atom stereocenters. The number of rotatable bonds is 3. The SMILES string of the molecule is N#CC1=C(N)N(c2ccc(F)c([N+](=O)[O-])c2)C2=C(C(=O)CCC2)[C@@H]1c1ccc(C(F)(F)F)cc1. The second kappa shape index (κ2) is 8.30. The van der Waals surface area contributed by atoms with Crippen molar-refractivity contribution in [3.05, 3.63) is 92.2 Å². The largest absolute Gasteiger partial charge is 0.416 e. The second-order valence-corrected chi connectivity index (χ2v) is 7.83. The highest BCUT2D eigenvalue weighted by Crippen LogP contribution is 2.47. The average Bonchev–Trinajstić information content (AvgIpc) is 2.78. The molecule has 0 aromatic heterocycles. The molecule has 4 rings (SSSR count). The number of hydrogen-bond acceptors (Lipinski definition) is 6. The van der Waals surface area contributed by atoms with E-state index in [4.69, 9.17) is 5.73 Å². The predicted octanol–water partition coefficient (Wildman–Crippen LogP) is 5.06. The maximum absolute atomic E-state index is 13.9. The number of carbonyl (C=O) groups excluding carboxylic acids is 1. The van der Waals surface area contributed by atoms with Crippen molar-refractivity contribution in [2.75, 3.05) is 4.90 Å². The smallest absolute Gasteiger partial charge is 0.384 e. The molecule has 11 heteroatoms. The number of nitrogens with two attached hydrogens (primary N) is 1. The van der Waals surface area contributed by atoms with Crippen LogP contribution in [0.1, 0.15) is 36.3 Å². The Morgan fingerprint density at radius 1 is 1.15 bits per heavy atom. The highest BCUT2D eigenvalue weighted by atomic mass is 19.4. The van der Waals surface area contributed by atoms with E-state index < -0.39 is 34.1 Å². The first-order valence-corrected chi connectivity index (χ1v) is 10.1. The Hall–Kier alpha value is -4.20. The molecule has 34 heavy (non-hydrogen) atoms. The lowest BCUT2D eigenvalue weighted by Gasteiger charge is -2.39. The fourth-order valence-corrected chi connectivity index (χ4v) is 4.36. The number of halogens is 4. The number of benzene rings is 2. The molecular formula is C23H16F4N4O3. The zero-order chi connectivity index (χ0) is 24.8. The van der Waals surface area contributed by atoms with Crippen LogP contribution in [0.4, 0.5) is 28.9 Å². The molecule has 2 aromatic carbocycles. The molecule has 0 saturated carbocycles. The summed E-state index contributed by atoms with van der Waals surface area (Å²) in [5.41, 5.74) is 5.44. The quantitative estimate of drug-likeness (QED) is 0.380. The van der Waals surface area contributed by atoms with Crippen molar-refractivity contribution >= 4 is 17.2 Å². The number of nitrogens with zero attached hydrogens (tertiary/aromatic N) is 3. The Morgan fingerprint density at radius 2 is 1.82 bits per heavy atom. The summed E-state index contributed by atoms with van der Waals surface area (Å²) in [6, 6.07) is 9.16. The van der Waals surface area contributed by atoms with Crippen LogP contribution < -0.4 is 10.6 Å². The van der Waals surface area contributed by atoms with Gasteiger partial charge in [-0.05, 0) is 42.7 Å². The van der Waals surface area contributed by atoms with Gasteiger partial charge in [-0.2, -0.15) is 22.8 Å². The van der Waals surface area contributed by atoms with Crippen LogP contribution in [-0.2, 0) is 11.0 Å². The fourth-order valence-electron chi connectivity index (χ4n) is 4.36. The first-order valence-electron chi connectivity index (χ1n) is 10.1. The lowest BCUT2D eigenvalue weighted by molar-refractivity contribution is -0.387. The van der Waals surface area contributed by atoms with Gasteiger partial charge in [0, 0.05) is 23.8 Å². The van der Waals surface area contributed by atoms with Gasteiger partial charge in [0.25, 0.3) is 0 Å². The monoisotopic (exact) mass is 472 g/mol. The molecule has 2 aliphatic rings. The van der Waals surface area contributed by atoms with Crippen LogP contribution in [-0.4, -0.2) is 10.7 Å². The van der Waals surface area contributed by atoms with Crippen LogP contribution in [0.2, 0.25) is 0 Å². The molecule has 0 unspecified atom stereocenters. The molecule has 0 fully saturated rings. The van der Waals surface area contributed by atoms with Gasteiger partial charge in [-0.1, -0.05) is 12.1 Å². The van der Waals surface area contributed by atoms with Crippen LogP contribution in [0, 0.1) is 27.3 Å². The molecule has 0 saturated heterocycles. The molecule has 0 amide bonds. The Balaban J connectivity index is 1.92. The van der Waals surface area contributed by atoms with Crippen molar-refractivity contribution in [1.29, 1.82) is 5.26 Å². The number of nitriles is 1. The normalized spacial score (nSPS) is 18.6. The van der Waals surface area contributed by atoms with Gasteiger partial charge in [0.2, 0.25) is 5.82 Å². The minimum atomic E-state index is -4.56. The van der Waals surface area contributed by atoms with Crippen molar-refractivity contribution in [3.8, 4) is 6.07 Å². The van der Waals surface area contributed by atoms with E-state index in [9.17, 15) is 37.7 Å². The molecule has 1 aliphatic heterocycles. The number of carbonyl (C=O) groups is 1. The van der Waals surface area contributed by atoms with E-state index in [-0.39, 0.29) is 40.4 Å². The maximum Gasteiger partial charge on any atom is 0.416 e. The molecule has 0 radical (unpaired) electrons. The third kappa shape index (κ3) is 3.77. The van der Waals surface area contributed by atoms with E-state index in [2.05, 4.69) is 0 Å². The number of anilines is 1. The van der Waals surface area contributed by atoms with Crippen molar-refractivity contribution in [2.24, 2.45) is 5.73 Å². The summed E-state index contributed by atoms with van der Waals surface area (Å²) in [6.45, 7) is 0. The minimum absolute atomic E-state index is 0.0893. The van der Waals surface area contributed by atoms with Gasteiger partial charge >= 0.3 is 11.9 Å². The van der Waals surface area contributed by atoms with E-state index in [1.165, 1.54) is 23.1 Å². The van der Waals surface area contributed by atoms with Gasteiger partial charge in [0.1, 0.15) is 5.82 Å². The fraction of sp³-hybridized carbons (Fsp3) is 0.217. The minimum Gasteiger partial charge on any atom is -0.384 e. The number of hydrogen-bond donors (Lipinski definition) is 1. The number of nitro benzene ring substituents is 1. The molecular weight excluding hydrogens is 456 g/mol. The van der Waals surface area contributed by atoms with Crippen LogP contribution in [0.15, 0.2) is 65.1 Å². The first kappa shape index (κ1) is 23.0. The zero-order valence-corrected chi connectivity index (χ0v) is 17.4. The first-order chi connectivity index (χ1) is 16.0. The average molecular weight is 472 g/mol. The summed E-state index contributed by atoms with van der Waals surface area (Å²) in [7, 11) is 0. The third-order valence-electron chi connectivity index (χ3n) is 5.87. The summed E-state index contributed by atoms with van der Waals surface area (Å²) >= 11 is 0. The number of Topliss-reactive ketones (excluding diaryl/α,β-unsaturated/α-hetero) is 1. The lowest BCUT2D eigenvalue weighted by atomic mass is 9.75. The number of nitro groups is 1. The molecule has 1 aliphatic carbocycles. The molecule has 2 N–H and O–H groups in total. The summed E-state index contributed by atoms with van der Waals surface area (Å²) in [5, 5.41) is 21.1. The van der Waals surface area contributed by atoms with Crippen molar-refractivity contribution in [1.82, 2.24) is 0 Å². The molecule has 2 aromatic rings. The van der Waals surface area contributed by atoms with E-state index in [1.807, 2.05) is 6.07 Å². The van der Waals surface area contributed by atoms with Crippen LogP contribution >= 0.6 is 0 Å². The summed E-state index contributed by atoms with van der Waals surface area (Å²) in [4.78, 5) is 24.7. The number of alkyl halides is 3. The van der Waals surface area contributed by atoms with Gasteiger partial charge < -0.3 is 5.73 Å². The molecule has 7 nitrogen and oxygen atoms in total. The van der Waals surface area contributed by atoms with Gasteiger partial charge in [0.15, 0.2) is 5.78 Å². The van der Waals surface area contributed by atoms with E-state index in [1.54, 1.807) is 0 Å². The second-order valence-electron chi connectivity index (χ2n) is 7.83. The summed E-state index contributed by atoms with van der Waals surface area (Å²) in [5.74, 6) is -2.51. The standard InChI is InChI=1S/C23H16F4N4O3/c24-16-9-8-14(10-18(16)31(33)34)30-17-2-1-3-19(32)21(17)20(15(11-28)22(30)29)12-4-6-13(7-5-12)23(25,26)27/h4-10,20H,1-3,29H2/t20-/m1/s1. The van der Waals surface area contributed by atoms with Crippen molar-refractivity contribution in [2.45, 2.75) is 31.4 Å². The topological polar surface area (TPSA) is 113 Å². The van der Waals surface area contributed by atoms with E-state index >= 15 is 0 Å². The lowest BCUT2D eigenvalue weighted by Crippen LogP contribution is -2.38. The highest BCUT2D eigenvalue weighted by molar-refractivity contribution is 6.01. The van der Waals surface area contributed by atoms with Gasteiger partial charge in [-0.25, -0.2) is 0 Å². The third-order valence-corrected chi connectivity index (χ3v) is 5.87. The van der Waals surface area contributed by atoms with E-state index in [0.29, 0.717) is 18.5 Å². The van der Waals surface area contributed by atoms with Crippen molar-refractivity contribution < 1.29 is 27.3 Å². The van der Waals surface area contributed by atoms with Crippen molar-refractivity contribution in [3.63, 3.8) is 0 Å². The Morgan fingerprint density at radius 3 is 2.41 bits per heavy atom. The molecule has 1 heterocycles. The Bertz CT molecular complexity index is 1310. The van der Waals surface area contributed by atoms with Crippen LogP contribution in [0.5, 0.6) is 0 Å².